The van der Waals surface area contributed by atoms with E-state index >= 15 is 0 Å². The second-order valence-electron chi connectivity index (χ2n) is 9.53. The summed E-state index contributed by atoms with van der Waals surface area (Å²) in [5.41, 5.74) is 4.44. The average Bonchev–Trinajstić information content (AvgIpc) is 2.91. The van der Waals surface area contributed by atoms with Crippen molar-refractivity contribution in [1.82, 2.24) is 5.32 Å². The van der Waals surface area contributed by atoms with Crippen LogP contribution in [-0.2, 0) is 14.3 Å². The Morgan fingerprint density at radius 1 is 0.973 bits per heavy atom. The highest BCUT2D eigenvalue weighted by Crippen LogP contribution is 2.47. The first-order valence-electron chi connectivity index (χ1n) is 12.6. The quantitative estimate of drug-likeness (QED) is 0.480. The fraction of sp³-hybridized carbons (Fsp3) is 0.400. The van der Waals surface area contributed by atoms with Crippen molar-refractivity contribution in [1.29, 1.82) is 0 Å². The Labute approximate surface area is 218 Å². The third-order valence-corrected chi connectivity index (χ3v) is 7.26. The van der Waals surface area contributed by atoms with Crippen LogP contribution >= 0.6 is 0 Å². The maximum absolute atomic E-state index is 13.8. The lowest BCUT2D eigenvalue weighted by Gasteiger charge is -2.37. The van der Waals surface area contributed by atoms with E-state index in [2.05, 4.69) is 5.32 Å². The first-order valence-corrected chi connectivity index (χ1v) is 12.6. The fourth-order valence-electron chi connectivity index (χ4n) is 5.12. The van der Waals surface area contributed by atoms with Crippen molar-refractivity contribution < 1.29 is 28.5 Å². The molecule has 2 aromatic carbocycles. The molecule has 1 N–H and O–H groups in total. The second kappa shape index (κ2) is 11.1. The predicted molar refractivity (Wildman–Crippen MR) is 141 cm³/mol. The number of hydrogen-bond acceptors (Lipinski definition) is 7. The van der Waals surface area contributed by atoms with E-state index in [4.69, 9.17) is 18.9 Å². The highest BCUT2D eigenvalue weighted by Gasteiger charge is 2.42. The van der Waals surface area contributed by atoms with Gasteiger partial charge in [0, 0.05) is 29.3 Å². The Bertz CT molecular complexity index is 1240. The van der Waals surface area contributed by atoms with E-state index in [0.717, 1.165) is 22.6 Å². The molecule has 196 valence electrons. The Balaban J connectivity index is 1.79. The summed E-state index contributed by atoms with van der Waals surface area (Å²) in [6.45, 7) is 5.70. The topological polar surface area (TPSA) is 83.1 Å². The van der Waals surface area contributed by atoms with Crippen molar-refractivity contribution >= 4 is 11.8 Å². The van der Waals surface area contributed by atoms with Gasteiger partial charge in [-0.2, -0.15) is 0 Å². The molecular formula is C30H35NO6. The largest absolute Gasteiger partial charge is 0.497 e. The first kappa shape index (κ1) is 26.3. The number of hydrogen-bond donors (Lipinski definition) is 1. The van der Waals surface area contributed by atoms with Crippen LogP contribution in [0.1, 0.15) is 63.0 Å². The van der Waals surface area contributed by atoms with Gasteiger partial charge in [-0.05, 0) is 68.0 Å². The zero-order valence-electron chi connectivity index (χ0n) is 22.3. The van der Waals surface area contributed by atoms with Crippen LogP contribution in [-0.4, -0.2) is 39.2 Å². The Kier molecular flexibility index (Phi) is 7.91. The standard InChI is InChI=1S/C30H35NO6/c1-7-17(2)37-30(33)27-18(3)31-23-14-21(19-8-11-22(34-4)12-9-19)15-24(32)29(23)28(27)20-10-13-25(35-5)26(16-20)36-6/h8-13,16-17,21,28,31H,7,14-15H2,1-6H3/t17-,21-,28+/m1/s1. The number of nitrogens with one attached hydrogen (secondary N) is 1. The number of ether oxygens (including phenoxy) is 4. The number of carbonyl (C=O) groups excluding carboxylic acids is 2. The van der Waals surface area contributed by atoms with E-state index < -0.39 is 11.9 Å². The molecule has 4 rings (SSSR count). The summed E-state index contributed by atoms with van der Waals surface area (Å²) < 4.78 is 22.0. The molecule has 0 amide bonds. The number of benzene rings is 2. The minimum Gasteiger partial charge on any atom is -0.497 e. The van der Waals surface area contributed by atoms with E-state index in [-0.39, 0.29) is 17.8 Å². The van der Waals surface area contributed by atoms with Crippen LogP contribution in [0.4, 0.5) is 0 Å². The van der Waals surface area contributed by atoms with Crippen molar-refractivity contribution in [3.63, 3.8) is 0 Å². The molecule has 1 aliphatic carbocycles. The van der Waals surface area contributed by atoms with Crippen LogP contribution in [0.25, 0.3) is 0 Å². The molecule has 37 heavy (non-hydrogen) atoms. The maximum atomic E-state index is 13.8. The van der Waals surface area contributed by atoms with Crippen LogP contribution in [0.3, 0.4) is 0 Å². The lowest BCUT2D eigenvalue weighted by atomic mass is 9.71. The van der Waals surface area contributed by atoms with Crippen LogP contribution in [0, 0.1) is 0 Å². The summed E-state index contributed by atoms with van der Waals surface area (Å²) >= 11 is 0. The van der Waals surface area contributed by atoms with E-state index in [1.807, 2.05) is 57.2 Å². The molecule has 0 aromatic heterocycles. The predicted octanol–water partition coefficient (Wildman–Crippen LogP) is 5.42. The van der Waals surface area contributed by atoms with Crippen molar-refractivity contribution in [2.24, 2.45) is 0 Å². The molecular weight excluding hydrogens is 470 g/mol. The minimum atomic E-state index is -0.572. The van der Waals surface area contributed by atoms with Crippen LogP contribution < -0.4 is 19.5 Å². The van der Waals surface area contributed by atoms with Gasteiger partial charge >= 0.3 is 5.97 Å². The van der Waals surface area contributed by atoms with E-state index in [0.29, 0.717) is 47.6 Å². The Morgan fingerprint density at radius 2 is 1.65 bits per heavy atom. The normalized spacial score (nSPS) is 20.1. The number of carbonyl (C=O) groups is 2. The van der Waals surface area contributed by atoms with Crippen LogP contribution in [0.15, 0.2) is 65.0 Å². The SMILES string of the molecule is CC[C@@H](C)OC(=O)C1=C(C)NC2=C(C(=O)C[C@H](c3ccc(OC)cc3)C2)[C@H]1c1ccc(OC)c(OC)c1. The summed E-state index contributed by atoms with van der Waals surface area (Å²) in [4.78, 5) is 27.2. The molecule has 0 fully saturated rings. The third kappa shape index (κ3) is 5.22. The van der Waals surface area contributed by atoms with Gasteiger partial charge in [-0.1, -0.05) is 25.1 Å². The molecule has 0 spiro atoms. The van der Waals surface area contributed by atoms with Crippen LogP contribution in [0.5, 0.6) is 17.2 Å². The molecule has 0 saturated carbocycles. The zero-order chi connectivity index (χ0) is 26.7. The molecule has 3 atom stereocenters. The molecule has 7 heteroatoms. The summed E-state index contributed by atoms with van der Waals surface area (Å²) in [5, 5.41) is 3.40. The van der Waals surface area contributed by atoms with Gasteiger partial charge in [0.25, 0.3) is 0 Å². The van der Waals surface area contributed by atoms with E-state index in [1.165, 1.54) is 0 Å². The number of methoxy groups -OCH3 is 3. The van der Waals surface area contributed by atoms with Gasteiger partial charge in [0.15, 0.2) is 17.3 Å². The number of allylic oxidation sites excluding steroid dienone is 3. The van der Waals surface area contributed by atoms with Gasteiger partial charge in [-0.25, -0.2) is 4.79 Å². The summed E-state index contributed by atoms with van der Waals surface area (Å²) in [5.74, 6) is 0.930. The maximum Gasteiger partial charge on any atom is 0.337 e. The molecule has 2 aliphatic rings. The van der Waals surface area contributed by atoms with E-state index in [9.17, 15) is 9.59 Å². The number of ketones is 1. The molecule has 1 heterocycles. The molecule has 7 nitrogen and oxygen atoms in total. The third-order valence-electron chi connectivity index (χ3n) is 7.26. The smallest absolute Gasteiger partial charge is 0.337 e. The zero-order valence-corrected chi connectivity index (χ0v) is 22.3. The van der Waals surface area contributed by atoms with E-state index in [1.54, 1.807) is 27.4 Å². The molecule has 1 aliphatic heterocycles. The number of rotatable bonds is 8. The lowest BCUT2D eigenvalue weighted by molar-refractivity contribution is -0.144. The molecule has 0 radical (unpaired) electrons. The van der Waals surface area contributed by atoms with Gasteiger partial charge in [0.1, 0.15) is 5.75 Å². The first-order chi connectivity index (χ1) is 17.8. The summed E-state index contributed by atoms with van der Waals surface area (Å²) in [7, 11) is 4.78. The second-order valence-corrected chi connectivity index (χ2v) is 9.53. The van der Waals surface area contributed by atoms with Crippen molar-refractivity contribution in [3.05, 3.63) is 76.1 Å². The van der Waals surface area contributed by atoms with Crippen molar-refractivity contribution in [3.8, 4) is 17.2 Å². The average molecular weight is 506 g/mol. The number of dihydropyridines is 1. The Morgan fingerprint density at radius 3 is 2.27 bits per heavy atom. The van der Waals surface area contributed by atoms with Gasteiger partial charge in [-0.15, -0.1) is 0 Å². The van der Waals surface area contributed by atoms with Crippen molar-refractivity contribution in [2.45, 2.75) is 58.0 Å². The fourth-order valence-corrected chi connectivity index (χ4v) is 5.12. The summed E-state index contributed by atoms with van der Waals surface area (Å²) in [6, 6.07) is 13.4. The van der Waals surface area contributed by atoms with Gasteiger partial charge in [0.2, 0.25) is 0 Å². The number of esters is 1. The van der Waals surface area contributed by atoms with Gasteiger partial charge < -0.3 is 24.3 Å². The summed E-state index contributed by atoms with van der Waals surface area (Å²) in [6.07, 6.45) is 1.46. The van der Waals surface area contributed by atoms with Crippen LogP contribution in [0.2, 0.25) is 0 Å². The highest BCUT2D eigenvalue weighted by molar-refractivity contribution is 6.04. The monoisotopic (exact) mass is 505 g/mol. The molecule has 0 saturated heterocycles. The van der Waals surface area contributed by atoms with Crippen molar-refractivity contribution in [2.75, 3.05) is 21.3 Å². The Hall–Kier alpha value is -3.74. The lowest BCUT2D eigenvalue weighted by Crippen LogP contribution is -2.36. The molecule has 0 unspecified atom stereocenters. The van der Waals surface area contributed by atoms with Gasteiger partial charge in [-0.3, -0.25) is 4.79 Å². The minimum absolute atomic E-state index is 0.00990. The number of Topliss-reactive ketones (excluding diaryl/α,β-unsaturated/α-hetero) is 1. The molecule has 2 aromatic rings. The van der Waals surface area contributed by atoms with Gasteiger partial charge in [0.05, 0.1) is 33.0 Å². The molecule has 0 bridgehead atoms. The highest BCUT2D eigenvalue weighted by atomic mass is 16.5.